The molecule has 3 heteroatoms. The van der Waals surface area contributed by atoms with E-state index in [0.717, 1.165) is 18.8 Å². The molecule has 1 aromatic heterocycles. The molecule has 2 atom stereocenters. The summed E-state index contributed by atoms with van der Waals surface area (Å²) < 4.78 is 2.12. The Balaban J connectivity index is 1.91. The molecule has 1 aliphatic heterocycles. The lowest BCUT2D eigenvalue weighted by Crippen LogP contribution is -2.14. The molecule has 1 aliphatic rings. The van der Waals surface area contributed by atoms with Gasteiger partial charge in [0.25, 0.3) is 0 Å². The van der Waals surface area contributed by atoms with Gasteiger partial charge in [0.2, 0.25) is 0 Å². The van der Waals surface area contributed by atoms with E-state index in [1.807, 2.05) is 0 Å². The average Bonchev–Trinajstić information content (AvgIpc) is 2.65. The Morgan fingerprint density at radius 3 is 3.18 bits per heavy atom. The first kappa shape index (κ1) is 12.6. The predicted molar refractivity (Wildman–Crippen MR) is 71.1 cm³/mol. The fraction of sp³-hybridized carbons (Fsp3) is 0.786. The summed E-state index contributed by atoms with van der Waals surface area (Å²) in [5, 5.41) is 8.17. The molecular formula is C14H25N3. The lowest BCUT2D eigenvalue weighted by atomic mass is 9.95. The summed E-state index contributed by atoms with van der Waals surface area (Å²) in [5.74, 6) is 0.824. The molecule has 0 radical (unpaired) electrons. The summed E-state index contributed by atoms with van der Waals surface area (Å²) in [6, 6.07) is 2.73. The predicted octanol–water partition coefficient (Wildman–Crippen LogP) is 2.79. The molecule has 1 N–H and O–H groups in total. The van der Waals surface area contributed by atoms with Crippen molar-refractivity contribution < 1.29 is 0 Å². The molecule has 0 aromatic carbocycles. The Kier molecular flexibility index (Phi) is 4.60. The SMILES string of the molecule is CCC(C)n1ccc(CC2CCCNCC2)n1. The van der Waals surface area contributed by atoms with Gasteiger partial charge in [0, 0.05) is 12.2 Å². The highest BCUT2D eigenvalue weighted by Gasteiger charge is 2.14. The van der Waals surface area contributed by atoms with Crippen LogP contribution in [0.15, 0.2) is 12.3 Å². The zero-order valence-corrected chi connectivity index (χ0v) is 11.2. The van der Waals surface area contributed by atoms with Gasteiger partial charge in [0.15, 0.2) is 0 Å². The first-order valence-corrected chi connectivity index (χ1v) is 7.04. The van der Waals surface area contributed by atoms with Crippen LogP contribution < -0.4 is 5.32 Å². The monoisotopic (exact) mass is 235 g/mol. The maximum atomic E-state index is 4.70. The van der Waals surface area contributed by atoms with E-state index in [2.05, 4.69) is 36.1 Å². The molecule has 1 fully saturated rings. The van der Waals surface area contributed by atoms with Crippen LogP contribution in [-0.4, -0.2) is 22.9 Å². The summed E-state index contributed by atoms with van der Waals surface area (Å²) in [6.07, 6.45) is 8.41. The zero-order valence-electron chi connectivity index (χ0n) is 11.2. The van der Waals surface area contributed by atoms with Crippen molar-refractivity contribution in [1.82, 2.24) is 15.1 Å². The molecule has 2 heterocycles. The van der Waals surface area contributed by atoms with Crippen LogP contribution >= 0.6 is 0 Å². The fourth-order valence-electron chi connectivity index (χ4n) is 2.51. The second-order valence-corrected chi connectivity index (χ2v) is 5.30. The lowest BCUT2D eigenvalue weighted by Gasteiger charge is -2.12. The standard InChI is InChI=1S/C14H25N3/c1-3-12(2)17-10-7-14(16-17)11-13-5-4-8-15-9-6-13/h7,10,12-13,15H,3-6,8-9,11H2,1-2H3. The Morgan fingerprint density at radius 2 is 2.35 bits per heavy atom. The van der Waals surface area contributed by atoms with Crippen LogP contribution in [0.1, 0.15) is 51.3 Å². The van der Waals surface area contributed by atoms with Crippen molar-refractivity contribution in [3.63, 3.8) is 0 Å². The largest absolute Gasteiger partial charge is 0.317 e. The second-order valence-electron chi connectivity index (χ2n) is 5.30. The van der Waals surface area contributed by atoms with Crippen LogP contribution in [-0.2, 0) is 6.42 Å². The smallest absolute Gasteiger partial charge is 0.0627 e. The lowest BCUT2D eigenvalue weighted by molar-refractivity contribution is 0.444. The maximum Gasteiger partial charge on any atom is 0.0627 e. The van der Waals surface area contributed by atoms with Crippen molar-refractivity contribution in [2.75, 3.05) is 13.1 Å². The van der Waals surface area contributed by atoms with Gasteiger partial charge in [-0.15, -0.1) is 0 Å². The van der Waals surface area contributed by atoms with E-state index in [1.54, 1.807) is 0 Å². The van der Waals surface area contributed by atoms with E-state index < -0.39 is 0 Å². The molecule has 2 rings (SSSR count). The Bertz CT molecular complexity index is 324. The highest BCUT2D eigenvalue weighted by Crippen LogP contribution is 2.19. The van der Waals surface area contributed by atoms with E-state index in [4.69, 9.17) is 5.10 Å². The van der Waals surface area contributed by atoms with Crippen LogP contribution in [0.25, 0.3) is 0 Å². The summed E-state index contributed by atoms with van der Waals surface area (Å²) in [7, 11) is 0. The number of nitrogens with one attached hydrogen (secondary N) is 1. The van der Waals surface area contributed by atoms with E-state index in [1.165, 1.54) is 38.0 Å². The molecule has 0 saturated carbocycles. The summed E-state index contributed by atoms with van der Waals surface area (Å²) >= 11 is 0. The topological polar surface area (TPSA) is 29.9 Å². The molecule has 0 aliphatic carbocycles. The van der Waals surface area contributed by atoms with Crippen LogP contribution in [0.5, 0.6) is 0 Å². The van der Waals surface area contributed by atoms with E-state index in [0.29, 0.717) is 6.04 Å². The van der Waals surface area contributed by atoms with Gasteiger partial charge in [-0.3, -0.25) is 4.68 Å². The summed E-state index contributed by atoms with van der Waals surface area (Å²) in [4.78, 5) is 0. The zero-order chi connectivity index (χ0) is 12.1. The van der Waals surface area contributed by atoms with Gasteiger partial charge < -0.3 is 5.32 Å². The van der Waals surface area contributed by atoms with Gasteiger partial charge in [0.05, 0.1) is 5.69 Å². The number of rotatable bonds is 4. The number of aromatic nitrogens is 2. The number of nitrogens with zero attached hydrogens (tertiary/aromatic N) is 2. The third-order valence-corrected chi connectivity index (χ3v) is 3.90. The number of hydrogen-bond acceptors (Lipinski definition) is 2. The van der Waals surface area contributed by atoms with Crippen molar-refractivity contribution >= 4 is 0 Å². The first-order valence-electron chi connectivity index (χ1n) is 7.04. The molecule has 96 valence electrons. The van der Waals surface area contributed by atoms with Crippen LogP contribution in [0, 0.1) is 5.92 Å². The van der Waals surface area contributed by atoms with Crippen molar-refractivity contribution in [3.05, 3.63) is 18.0 Å². The minimum absolute atomic E-state index is 0.527. The van der Waals surface area contributed by atoms with Gasteiger partial charge in [0.1, 0.15) is 0 Å². The van der Waals surface area contributed by atoms with Gasteiger partial charge >= 0.3 is 0 Å². The molecule has 1 aromatic rings. The second kappa shape index (κ2) is 6.20. The van der Waals surface area contributed by atoms with Crippen LogP contribution in [0.3, 0.4) is 0 Å². The molecule has 0 spiro atoms. The molecule has 3 nitrogen and oxygen atoms in total. The van der Waals surface area contributed by atoms with E-state index in [-0.39, 0.29) is 0 Å². The maximum absolute atomic E-state index is 4.70. The first-order chi connectivity index (χ1) is 8.29. The van der Waals surface area contributed by atoms with Crippen molar-refractivity contribution in [1.29, 1.82) is 0 Å². The average molecular weight is 235 g/mol. The molecular weight excluding hydrogens is 210 g/mol. The Labute approximate surface area is 105 Å². The Hall–Kier alpha value is -0.830. The quantitative estimate of drug-likeness (QED) is 0.869. The van der Waals surface area contributed by atoms with Crippen molar-refractivity contribution in [2.24, 2.45) is 5.92 Å². The fourth-order valence-corrected chi connectivity index (χ4v) is 2.51. The number of hydrogen-bond donors (Lipinski definition) is 1. The van der Waals surface area contributed by atoms with E-state index >= 15 is 0 Å². The normalized spacial score (nSPS) is 23.3. The molecule has 0 amide bonds. The third-order valence-electron chi connectivity index (χ3n) is 3.90. The summed E-state index contributed by atoms with van der Waals surface area (Å²) in [6.45, 7) is 6.81. The van der Waals surface area contributed by atoms with Gasteiger partial charge in [-0.1, -0.05) is 6.92 Å². The van der Waals surface area contributed by atoms with Gasteiger partial charge in [-0.2, -0.15) is 5.10 Å². The van der Waals surface area contributed by atoms with Crippen molar-refractivity contribution in [2.45, 2.75) is 52.0 Å². The van der Waals surface area contributed by atoms with Crippen LogP contribution in [0.2, 0.25) is 0 Å². The molecule has 2 unspecified atom stereocenters. The van der Waals surface area contributed by atoms with Gasteiger partial charge in [-0.25, -0.2) is 0 Å². The minimum atomic E-state index is 0.527. The Morgan fingerprint density at radius 1 is 1.47 bits per heavy atom. The van der Waals surface area contributed by atoms with Gasteiger partial charge in [-0.05, 0) is 64.1 Å². The van der Waals surface area contributed by atoms with Crippen molar-refractivity contribution in [3.8, 4) is 0 Å². The minimum Gasteiger partial charge on any atom is -0.317 e. The summed E-state index contributed by atoms with van der Waals surface area (Å²) in [5.41, 5.74) is 1.28. The highest BCUT2D eigenvalue weighted by molar-refractivity contribution is 5.01. The third kappa shape index (κ3) is 3.56. The molecule has 17 heavy (non-hydrogen) atoms. The molecule has 1 saturated heterocycles. The highest BCUT2D eigenvalue weighted by atomic mass is 15.3. The van der Waals surface area contributed by atoms with E-state index in [9.17, 15) is 0 Å². The van der Waals surface area contributed by atoms with Crippen LogP contribution in [0.4, 0.5) is 0 Å². The molecule has 0 bridgehead atoms.